The molecule has 10 aromatic rings. The molecule has 2 aliphatic rings. The highest BCUT2D eigenvalue weighted by atomic mass is 16.5. The maximum absolute atomic E-state index is 9.75. The lowest BCUT2D eigenvalue weighted by Gasteiger charge is -2.40. The molecule has 54 heavy (non-hydrogen) atoms. The van der Waals surface area contributed by atoms with Crippen molar-refractivity contribution >= 4 is 43.6 Å². The Bertz CT molecular complexity index is 3190. The summed E-state index contributed by atoms with van der Waals surface area (Å²) >= 11 is 0. The van der Waals surface area contributed by atoms with Crippen molar-refractivity contribution in [3.8, 4) is 40.3 Å². The third-order valence-electron chi connectivity index (χ3n) is 11.5. The minimum atomic E-state index is -0.791. The van der Waals surface area contributed by atoms with Crippen molar-refractivity contribution < 1.29 is 4.74 Å². The number of hydrogen-bond donors (Lipinski definition) is 0. The first-order valence-electron chi connectivity index (χ1n) is 18.0. The Hall–Kier alpha value is -7.49. The predicted octanol–water partition coefficient (Wildman–Crippen LogP) is 11.0. The molecule has 0 radical (unpaired) electrons. The van der Waals surface area contributed by atoms with Crippen molar-refractivity contribution in [3.63, 3.8) is 0 Å². The molecular weight excluding hydrogens is 663 g/mol. The molecule has 250 valence electrons. The van der Waals surface area contributed by atoms with Gasteiger partial charge in [-0.3, -0.25) is 9.97 Å². The highest BCUT2D eigenvalue weighted by Gasteiger charge is 2.54. The van der Waals surface area contributed by atoms with Crippen molar-refractivity contribution in [2.75, 3.05) is 0 Å². The van der Waals surface area contributed by atoms with Crippen LogP contribution in [0.5, 0.6) is 11.5 Å². The Morgan fingerprint density at radius 2 is 1.11 bits per heavy atom. The first-order valence-corrected chi connectivity index (χ1v) is 18.0. The highest BCUT2D eigenvalue weighted by Crippen LogP contribution is 2.63. The van der Waals surface area contributed by atoms with Crippen molar-refractivity contribution in [2.45, 2.75) is 5.41 Å². The largest absolute Gasteiger partial charge is 0.457 e. The molecule has 0 N–H and O–H groups in total. The molecule has 6 heteroatoms. The van der Waals surface area contributed by atoms with E-state index in [2.05, 4.69) is 130 Å². The Morgan fingerprint density at radius 3 is 1.78 bits per heavy atom. The van der Waals surface area contributed by atoms with Crippen molar-refractivity contribution in [2.24, 2.45) is 0 Å². The fraction of sp³-hybridized carbons (Fsp3) is 0.0208. The number of ether oxygens (including phenoxy) is 1. The third-order valence-corrected chi connectivity index (χ3v) is 11.5. The Labute approximate surface area is 309 Å². The summed E-state index contributed by atoms with van der Waals surface area (Å²) in [5, 5.41) is 14.3. The van der Waals surface area contributed by atoms with E-state index in [-0.39, 0.29) is 0 Å². The van der Waals surface area contributed by atoms with Crippen molar-refractivity contribution in [1.82, 2.24) is 19.1 Å². The summed E-state index contributed by atoms with van der Waals surface area (Å²) in [6.45, 7) is 0. The Morgan fingerprint density at radius 1 is 0.500 bits per heavy atom. The average molecular weight is 690 g/mol. The van der Waals surface area contributed by atoms with E-state index in [1.807, 2.05) is 48.8 Å². The van der Waals surface area contributed by atoms with Crippen LogP contribution in [0.15, 0.2) is 164 Å². The van der Waals surface area contributed by atoms with Crippen molar-refractivity contribution in [3.05, 3.63) is 192 Å². The second kappa shape index (κ2) is 10.5. The summed E-state index contributed by atoms with van der Waals surface area (Å²) < 4.78 is 11.8. The quantitative estimate of drug-likeness (QED) is 0.181. The van der Waals surface area contributed by atoms with Gasteiger partial charge in [0, 0.05) is 56.8 Å². The minimum Gasteiger partial charge on any atom is -0.457 e. The van der Waals surface area contributed by atoms with Crippen LogP contribution < -0.4 is 4.74 Å². The minimum absolute atomic E-state index is 0.637. The number of para-hydroxylation sites is 3. The molecule has 0 bridgehead atoms. The monoisotopic (exact) mass is 689 g/mol. The zero-order valence-electron chi connectivity index (χ0n) is 28.7. The normalized spacial score (nSPS) is 13.5. The molecule has 0 saturated carbocycles. The number of aromatic nitrogens is 4. The van der Waals surface area contributed by atoms with Gasteiger partial charge in [0.1, 0.15) is 11.5 Å². The first-order chi connectivity index (χ1) is 26.8. The third kappa shape index (κ3) is 3.58. The lowest BCUT2D eigenvalue weighted by Crippen LogP contribution is -2.33. The SMILES string of the molecule is N#Cc1ccc2c(c1)c1ccccc1n2-c1ccc2c(c1)Oc1cccc(-n3c4ccccc4c4ccccc43)c1C21c2cccnc2-c2ncccc21. The molecule has 0 saturated heterocycles. The molecule has 0 unspecified atom stereocenters. The van der Waals surface area contributed by atoms with Gasteiger partial charge in [0.2, 0.25) is 0 Å². The molecule has 6 nitrogen and oxygen atoms in total. The van der Waals surface area contributed by atoms with Gasteiger partial charge in [-0.25, -0.2) is 0 Å². The summed E-state index contributed by atoms with van der Waals surface area (Å²) in [6.07, 6.45) is 3.72. The number of hydrogen-bond acceptors (Lipinski definition) is 4. The van der Waals surface area contributed by atoms with E-state index in [9.17, 15) is 5.26 Å². The van der Waals surface area contributed by atoms with Crippen LogP contribution >= 0.6 is 0 Å². The molecule has 0 atom stereocenters. The topological polar surface area (TPSA) is 68.7 Å². The van der Waals surface area contributed by atoms with Gasteiger partial charge in [0.25, 0.3) is 0 Å². The Balaban J connectivity index is 1.20. The number of benzene rings is 6. The molecule has 0 amide bonds. The van der Waals surface area contributed by atoms with E-state index in [0.717, 1.165) is 89.4 Å². The lowest BCUT2D eigenvalue weighted by atomic mass is 9.65. The van der Waals surface area contributed by atoms with Gasteiger partial charge in [-0.15, -0.1) is 0 Å². The molecule has 5 heterocycles. The highest BCUT2D eigenvalue weighted by molar-refractivity contribution is 6.10. The molecular formula is C48H27N5O. The molecule has 4 aromatic heterocycles. The van der Waals surface area contributed by atoms with E-state index in [4.69, 9.17) is 14.7 Å². The number of fused-ring (bicyclic) bond motifs is 15. The van der Waals surface area contributed by atoms with Gasteiger partial charge in [0.15, 0.2) is 0 Å². The van der Waals surface area contributed by atoms with Gasteiger partial charge in [0.05, 0.1) is 56.2 Å². The van der Waals surface area contributed by atoms with Gasteiger partial charge in [-0.2, -0.15) is 5.26 Å². The van der Waals surface area contributed by atoms with Gasteiger partial charge >= 0.3 is 0 Å². The number of rotatable bonds is 2. The van der Waals surface area contributed by atoms with Crippen LogP contribution in [0.2, 0.25) is 0 Å². The van der Waals surface area contributed by atoms with Crippen LogP contribution in [0, 0.1) is 11.3 Å². The van der Waals surface area contributed by atoms with E-state index in [0.29, 0.717) is 5.56 Å². The summed E-state index contributed by atoms with van der Waals surface area (Å²) in [5.74, 6) is 1.55. The lowest BCUT2D eigenvalue weighted by molar-refractivity contribution is 0.435. The van der Waals surface area contributed by atoms with Crippen LogP contribution in [-0.4, -0.2) is 19.1 Å². The van der Waals surface area contributed by atoms with Crippen molar-refractivity contribution in [1.29, 1.82) is 5.26 Å². The Kier molecular flexibility index (Phi) is 5.68. The van der Waals surface area contributed by atoms with Crippen LogP contribution in [-0.2, 0) is 5.41 Å². The molecule has 1 aliphatic carbocycles. The van der Waals surface area contributed by atoms with Gasteiger partial charge < -0.3 is 13.9 Å². The molecule has 0 fully saturated rings. The standard InChI is InChI=1S/C48H27N5O/c49-28-29-20-23-41-34(26-29)33-12-3-4-15-38(33)52(41)30-21-22-35-44(27-30)54-43-19-7-18-42(53-39-16-5-1-10-31(39)32-11-2-6-17-40(32)53)45(43)48(35)36-13-8-24-50-46(36)47-37(48)14-9-25-51-47/h1-27H. The summed E-state index contributed by atoms with van der Waals surface area (Å²) in [6, 6.07) is 55.4. The fourth-order valence-corrected chi connectivity index (χ4v) is 9.47. The van der Waals surface area contributed by atoms with Gasteiger partial charge in [-0.1, -0.05) is 78.9 Å². The predicted molar refractivity (Wildman–Crippen MR) is 213 cm³/mol. The van der Waals surface area contributed by atoms with Crippen LogP contribution in [0.25, 0.3) is 66.4 Å². The van der Waals surface area contributed by atoms with E-state index < -0.39 is 5.41 Å². The van der Waals surface area contributed by atoms with Crippen LogP contribution in [0.3, 0.4) is 0 Å². The second-order valence-electron chi connectivity index (χ2n) is 14.0. The molecule has 1 spiro atoms. The maximum Gasteiger partial charge on any atom is 0.134 e. The molecule has 6 aromatic carbocycles. The average Bonchev–Trinajstić information content (AvgIpc) is 3.85. The van der Waals surface area contributed by atoms with E-state index >= 15 is 0 Å². The second-order valence-corrected chi connectivity index (χ2v) is 14.0. The van der Waals surface area contributed by atoms with E-state index in [1.54, 1.807) is 0 Å². The summed E-state index contributed by atoms with van der Waals surface area (Å²) in [7, 11) is 0. The summed E-state index contributed by atoms with van der Waals surface area (Å²) in [5.41, 5.74) is 12.2. The van der Waals surface area contributed by atoms with E-state index in [1.165, 1.54) is 10.8 Å². The number of nitrogens with zero attached hydrogens (tertiary/aromatic N) is 5. The summed E-state index contributed by atoms with van der Waals surface area (Å²) in [4.78, 5) is 9.98. The van der Waals surface area contributed by atoms with Crippen LogP contribution in [0.4, 0.5) is 0 Å². The van der Waals surface area contributed by atoms with Crippen LogP contribution in [0.1, 0.15) is 27.8 Å². The number of nitriles is 1. The maximum atomic E-state index is 9.75. The molecule has 1 aliphatic heterocycles. The number of pyridine rings is 2. The van der Waals surface area contributed by atoms with Gasteiger partial charge in [-0.05, 0) is 77.9 Å². The zero-order chi connectivity index (χ0) is 35.5. The molecule has 12 rings (SSSR count). The smallest absolute Gasteiger partial charge is 0.134 e. The fourth-order valence-electron chi connectivity index (χ4n) is 9.47. The zero-order valence-corrected chi connectivity index (χ0v) is 28.7. The first kappa shape index (κ1) is 29.1.